The summed E-state index contributed by atoms with van der Waals surface area (Å²) in [5.74, 6) is -0.294. The molecular formula is C28H28N2O5. The lowest BCUT2D eigenvalue weighted by Crippen LogP contribution is -2.41. The van der Waals surface area contributed by atoms with E-state index in [-0.39, 0.29) is 36.3 Å². The van der Waals surface area contributed by atoms with Crippen molar-refractivity contribution in [2.45, 2.75) is 37.6 Å². The molecule has 2 aromatic rings. The summed E-state index contributed by atoms with van der Waals surface area (Å²) in [5.41, 5.74) is 3.62. The molecule has 4 aliphatic carbocycles. The number of nitrogens with one attached hydrogen (secondary N) is 1. The van der Waals surface area contributed by atoms with E-state index in [9.17, 15) is 19.5 Å². The fourth-order valence-corrected chi connectivity index (χ4v) is 7.36. The van der Waals surface area contributed by atoms with Crippen molar-refractivity contribution in [3.63, 3.8) is 0 Å². The van der Waals surface area contributed by atoms with Gasteiger partial charge >= 0.3 is 12.1 Å². The van der Waals surface area contributed by atoms with Gasteiger partial charge in [0.15, 0.2) is 0 Å². The molecule has 5 aliphatic rings. The molecule has 35 heavy (non-hydrogen) atoms. The van der Waals surface area contributed by atoms with Gasteiger partial charge in [-0.05, 0) is 59.8 Å². The van der Waals surface area contributed by atoms with Gasteiger partial charge in [-0.2, -0.15) is 0 Å². The first-order valence-electron chi connectivity index (χ1n) is 12.6. The molecule has 1 saturated heterocycles. The Morgan fingerprint density at radius 1 is 0.943 bits per heavy atom. The first kappa shape index (κ1) is 21.0. The van der Waals surface area contributed by atoms with Crippen molar-refractivity contribution in [3.8, 4) is 11.1 Å². The normalized spacial score (nSPS) is 33.4. The molecule has 1 heterocycles. The molecule has 7 nitrogen and oxygen atoms in total. The molecule has 0 aromatic heterocycles. The number of aliphatic carboxylic acids is 1. The molecule has 0 radical (unpaired) electrons. The summed E-state index contributed by atoms with van der Waals surface area (Å²) < 4.78 is 5.69. The van der Waals surface area contributed by atoms with E-state index in [2.05, 4.69) is 29.6 Å². The van der Waals surface area contributed by atoms with E-state index in [1.54, 1.807) is 4.90 Å². The van der Waals surface area contributed by atoms with E-state index < -0.39 is 22.9 Å². The second kappa shape index (κ2) is 7.09. The summed E-state index contributed by atoms with van der Waals surface area (Å²) in [5, 5.41) is 12.5. The highest BCUT2D eigenvalue weighted by Crippen LogP contribution is 2.66. The Balaban J connectivity index is 0.968. The molecule has 2 amide bonds. The molecule has 7 rings (SSSR count). The minimum Gasteiger partial charge on any atom is -0.481 e. The van der Waals surface area contributed by atoms with E-state index in [1.165, 1.54) is 22.3 Å². The van der Waals surface area contributed by atoms with E-state index in [0.717, 1.165) is 12.8 Å². The van der Waals surface area contributed by atoms with Gasteiger partial charge in [0.25, 0.3) is 0 Å². The molecule has 5 atom stereocenters. The van der Waals surface area contributed by atoms with E-state index in [1.807, 2.05) is 24.3 Å². The topological polar surface area (TPSA) is 95.9 Å². The largest absolute Gasteiger partial charge is 0.481 e. The van der Waals surface area contributed by atoms with E-state index in [4.69, 9.17) is 4.74 Å². The molecule has 2 aromatic carbocycles. The SMILES string of the molecule is O=C(N[C@H]1C[C@@H]2C[C@]2(C(=O)N2CC3CC3(C(=O)O)C2)C1)OCC1c2ccccc2-c2ccccc21. The van der Waals surface area contributed by atoms with Crippen LogP contribution in [0.4, 0.5) is 4.79 Å². The van der Waals surface area contributed by atoms with Crippen LogP contribution in [0.1, 0.15) is 42.7 Å². The second-order valence-corrected chi connectivity index (χ2v) is 11.2. The average Bonchev–Trinajstić information content (AvgIpc) is 3.58. The summed E-state index contributed by atoms with van der Waals surface area (Å²) >= 11 is 0. The number of rotatable bonds is 5. The molecule has 1 aliphatic heterocycles. The van der Waals surface area contributed by atoms with Crippen molar-refractivity contribution in [1.29, 1.82) is 0 Å². The van der Waals surface area contributed by atoms with Crippen molar-refractivity contribution in [2.75, 3.05) is 19.7 Å². The maximum absolute atomic E-state index is 13.3. The van der Waals surface area contributed by atoms with Crippen LogP contribution >= 0.6 is 0 Å². The number of carbonyl (C=O) groups excluding carboxylic acids is 2. The minimum atomic E-state index is -0.774. The number of fused-ring (bicyclic) bond motifs is 5. The van der Waals surface area contributed by atoms with Gasteiger partial charge in [-0.3, -0.25) is 9.59 Å². The van der Waals surface area contributed by atoms with Gasteiger partial charge in [-0.25, -0.2) is 4.79 Å². The van der Waals surface area contributed by atoms with Crippen LogP contribution in [0, 0.1) is 22.7 Å². The number of hydrogen-bond acceptors (Lipinski definition) is 4. The number of hydrogen-bond donors (Lipinski definition) is 2. The Morgan fingerprint density at radius 3 is 2.26 bits per heavy atom. The lowest BCUT2D eigenvalue weighted by molar-refractivity contribution is -0.144. The van der Waals surface area contributed by atoms with Crippen LogP contribution in [0.3, 0.4) is 0 Å². The van der Waals surface area contributed by atoms with Gasteiger partial charge < -0.3 is 20.1 Å². The summed E-state index contributed by atoms with van der Waals surface area (Å²) in [7, 11) is 0. The second-order valence-electron chi connectivity index (χ2n) is 11.2. The summed E-state index contributed by atoms with van der Waals surface area (Å²) in [6, 6.07) is 16.4. The molecule has 3 saturated carbocycles. The number of carboxylic acid groups (broad SMARTS) is 1. The molecule has 180 valence electrons. The Hall–Kier alpha value is -3.35. The standard InChI is InChI=1S/C28H28N2O5/c31-24(30-13-17-11-28(17,15-30)25(32)33)27-10-16(27)9-18(12-27)29-26(34)35-14-23-21-7-3-1-5-19(21)20-6-2-4-8-22(20)23/h1-8,16-18,23H,9-15H2,(H,29,34)(H,32,33)/t16-,17?,18+,27+,28?/m1/s1. The average molecular weight is 473 g/mol. The highest BCUT2D eigenvalue weighted by atomic mass is 16.5. The Labute approximate surface area is 203 Å². The van der Waals surface area contributed by atoms with Gasteiger partial charge in [0.2, 0.25) is 5.91 Å². The highest BCUT2D eigenvalue weighted by molar-refractivity contribution is 5.89. The number of piperidine rings is 1. The van der Waals surface area contributed by atoms with Crippen LogP contribution in [0.5, 0.6) is 0 Å². The number of carboxylic acids is 1. The first-order chi connectivity index (χ1) is 16.9. The maximum atomic E-state index is 13.3. The fraction of sp³-hybridized carbons (Fsp3) is 0.464. The predicted octanol–water partition coefficient (Wildman–Crippen LogP) is 3.63. The van der Waals surface area contributed by atoms with Gasteiger partial charge in [-0.1, -0.05) is 48.5 Å². The van der Waals surface area contributed by atoms with Crippen LogP contribution in [-0.4, -0.2) is 53.7 Å². The predicted molar refractivity (Wildman–Crippen MR) is 127 cm³/mol. The van der Waals surface area contributed by atoms with Crippen LogP contribution in [-0.2, 0) is 14.3 Å². The third kappa shape index (κ3) is 3.00. The van der Waals surface area contributed by atoms with Crippen molar-refractivity contribution in [2.24, 2.45) is 22.7 Å². The molecule has 0 bridgehead atoms. The Kier molecular flexibility index (Phi) is 4.25. The van der Waals surface area contributed by atoms with Crippen molar-refractivity contribution in [3.05, 3.63) is 59.7 Å². The first-order valence-corrected chi connectivity index (χ1v) is 12.6. The number of likely N-dealkylation sites (tertiary alicyclic amines) is 1. The summed E-state index contributed by atoms with van der Waals surface area (Å²) in [6.45, 7) is 1.17. The number of amides is 2. The lowest BCUT2D eigenvalue weighted by atomic mass is 9.98. The zero-order valence-electron chi connectivity index (χ0n) is 19.4. The van der Waals surface area contributed by atoms with Crippen molar-refractivity contribution >= 4 is 18.0 Å². The Bertz CT molecular complexity index is 1230. The third-order valence-corrected chi connectivity index (χ3v) is 9.36. The molecule has 7 heteroatoms. The number of ether oxygens (including phenoxy) is 1. The van der Waals surface area contributed by atoms with Crippen LogP contribution in [0.2, 0.25) is 0 Å². The van der Waals surface area contributed by atoms with Crippen LogP contribution in [0.25, 0.3) is 11.1 Å². The number of benzene rings is 2. The van der Waals surface area contributed by atoms with Crippen LogP contribution < -0.4 is 5.32 Å². The highest BCUT2D eigenvalue weighted by Gasteiger charge is 2.71. The zero-order chi connectivity index (χ0) is 23.9. The van der Waals surface area contributed by atoms with Gasteiger partial charge in [-0.15, -0.1) is 0 Å². The quantitative estimate of drug-likeness (QED) is 0.693. The molecule has 2 N–H and O–H groups in total. The minimum absolute atomic E-state index is 0.0150. The molecular weight excluding hydrogens is 444 g/mol. The number of nitrogens with zero attached hydrogens (tertiary/aromatic N) is 1. The van der Waals surface area contributed by atoms with Gasteiger partial charge in [0.1, 0.15) is 6.61 Å². The van der Waals surface area contributed by atoms with E-state index >= 15 is 0 Å². The third-order valence-electron chi connectivity index (χ3n) is 9.36. The van der Waals surface area contributed by atoms with Crippen molar-refractivity contribution in [1.82, 2.24) is 10.2 Å². The monoisotopic (exact) mass is 472 g/mol. The summed E-state index contributed by atoms with van der Waals surface area (Å²) in [6.07, 6.45) is 2.48. The van der Waals surface area contributed by atoms with Crippen LogP contribution in [0.15, 0.2) is 48.5 Å². The molecule has 2 unspecified atom stereocenters. The van der Waals surface area contributed by atoms with E-state index in [0.29, 0.717) is 25.9 Å². The number of carbonyl (C=O) groups is 3. The fourth-order valence-electron chi connectivity index (χ4n) is 7.36. The van der Waals surface area contributed by atoms with Crippen molar-refractivity contribution < 1.29 is 24.2 Å². The summed E-state index contributed by atoms with van der Waals surface area (Å²) in [4.78, 5) is 39.4. The Morgan fingerprint density at radius 2 is 1.60 bits per heavy atom. The zero-order valence-corrected chi connectivity index (χ0v) is 19.4. The lowest BCUT2D eigenvalue weighted by Gasteiger charge is -2.25. The maximum Gasteiger partial charge on any atom is 0.407 e. The smallest absolute Gasteiger partial charge is 0.407 e. The molecule has 0 spiro atoms. The van der Waals surface area contributed by atoms with Gasteiger partial charge in [0, 0.05) is 25.0 Å². The number of alkyl carbamates (subject to hydrolysis) is 1. The molecule has 4 fully saturated rings. The van der Waals surface area contributed by atoms with Gasteiger partial charge in [0.05, 0.1) is 10.8 Å².